The summed E-state index contributed by atoms with van der Waals surface area (Å²) >= 11 is 0. The summed E-state index contributed by atoms with van der Waals surface area (Å²) in [6.45, 7) is 1.35. The molecule has 0 radical (unpaired) electrons. The third kappa shape index (κ3) is 2.97. The third-order valence-electron chi connectivity index (χ3n) is 4.20. The molecule has 1 amide bonds. The van der Waals surface area contributed by atoms with Crippen molar-refractivity contribution in [3.8, 4) is 0 Å². The van der Waals surface area contributed by atoms with E-state index in [-0.39, 0.29) is 18.1 Å². The number of morpholine rings is 1. The van der Waals surface area contributed by atoms with Crippen molar-refractivity contribution in [2.24, 2.45) is 0 Å². The molecular formula is C14H20N4O4S. The van der Waals surface area contributed by atoms with Crippen LogP contribution in [0.4, 0.5) is 0 Å². The third-order valence-corrected chi connectivity index (χ3v) is 6.17. The summed E-state index contributed by atoms with van der Waals surface area (Å²) in [5, 5.41) is 0. The van der Waals surface area contributed by atoms with Crippen LogP contribution >= 0.6 is 0 Å². The first-order valence-electron chi connectivity index (χ1n) is 7.41. The Labute approximate surface area is 135 Å². The van der Waals surface area contributed by atoms with Crippen molar-refractivity contribution in [3.05, 3.63) is 30.1 Å². The van der Waals surface area contributed by atoms with Gasteiger partial charge in [0.05, 0.1) is 24.3 Å². The standard InChI is InChI=1S/C14H20N4O4S/c1-16(2)23(20,21)18-6-7-22-13-10-17(9-12(13)18)14(19)11-4-3-5-15-8-11/h3-5,8,12-13H,6-7,9-10H2,1-2H3/t12-,13+/m1/s1. The number of hydrogen-bond acceptors (Lipinski definition) is 5. The zero-order valence-corrected chi connectivity index (χ0v) is 13.9. The van der Waals surface area contributed by atoms with Gasteiger partial charge in [-0.1, -0.05) is 0 Å². The highest BCUT2D eigenvalue weighted by Gasteiger charge is 2.46. The Balaban J connectivity index is 1.80. The first-order chi connectivity index (χ1) is 10.9. The van der Waals surface area contributed by atoms with Crippen LogP contribution in [0.3, 0.4) is 0 Å². The Morgan fingerprint density at radius 1 is 1.39 bits per heavy atom. The van der Waals surface area contributed by atoms with Gasteiger partial charge in [0.15, 0.2) is 0 Å². The molecule has 0 spiro atoms. The maximum atomic E-state index is 12.5. The molecule has 2 fully saturated rings. The van der Waals surface area contributed by atoms with Crippen LogP contribution in [0.2, 0.25) is 0 Å². The van der Waals surface area contributed by atoms with Gasteiger partial charge in [-0.3, -0.25) is 9.78 Å². The Kier molecular flexibility index (Phi) is 4.37. The van der Waals surface area contributed by atoms with Gasteiger partial charge in [-0.25, -0.2) is 0 Å². The van der Waals surface area contributed by atoms with Gasteiger partial charge >= 0.3 is 0 Å². The highest BCUT2D eigenvalue weighted by molar-refractivity contribution is 7.86. The number of amides is 1. The summed E-state index contributed by atoms with van der Waals surface area (Å²) in [7, 11) is -0.517. The number of fused-ring (bicyclic) bond motifs is 1. The predicted molar refractivity (Wildman–Crippen MR) is 83.0 cm³/mol. The highest BCUT2D eigenvalue weighted by Crippen LogP contribution is 2.27. The van der Waals surface area contributed by atoms with Crippen LogP contribution in [0.15, 0.2) is 24.5 Å². The zero-order valence-electron chi connectivity index (χ0n) is 13.1. The maximum absolute atomic E-state index is 12.5. The number of hydrogen-bond donors (Lipinski definition) is 0. The molecule has 2 saturated heterocycles. The number of rotatable bonds is 3. The van der Waals surface area contributed by atoms with Crippen molar-refractivity contribution in [2.45, 2.75) is 12.1 Å². The molecule has 0 bridgehead atoms. The van der Waals surface area contributed by atoms with E-state index >= 15 is 0 Å². The summed E-state index contributed by atoms with van der Waals surface area (Å²) in [5.74, 6) is -0.154. The molecule has 23 heavy (non-hydrogen) atoms. The van der Waals surface area contributed by atoms with E-state index in [0.717, 1.165) is 0 Å². The molecule has 9 heteroatoms. The molecule has 2 atom stereocenters. The van der Waals surface area contributed by atoms with Crippen LogP contribution in [-0.2, 0) is 14.9 Å². The van der Waals surface area contributed by atoms with Gasteiger partial charge in [0.25, 0.3) is 16.1 Å². The summed E-state index contributed by atoms with van der Waals surface area (Å²) < 4.78 is 33.2. The minimum Gasteiger partial charge on any atom is -0.373 e. The Hall–Kier alpha value is -1.55. The summed E-state index contributed by atoms with van der Waals surface area (Å²) in [4.78, 5) is 18.1. The molecule has 2 aliphatic heterocycles. The van der Waals surface area contributed by atoms with Crippen LogP contribution in [0, 0.1) is 0 Å². The second-order valence-corrected chi connectivity index (χ2v) is 7.92. The minimum absolute atomic E-state index is 0.154. The van der Waals surface area contributed by atoms with Gasteiger partial charge in [-0.2, -0.15) is 17.0 Å². The van der Waals surface area contributed by atoms with Crippen LogP contribution in [0.5, 0.6) is 0 Å². The SMILES string of the molecule is CN(C)S(=O)(=O)N1CCO[C@H]2CN(C(=O)c3cccnc3)C[C@H]21. The van der Waals surface area contributed by atoms with Gasteiger partial charge in [0, 0.05) is 46.1 Å². The summed E-state index contributed by atoms with van der Waals surface area (Å²) in [6, 6.07) is 3.05. The molecule has 0 N–H and O–H groups in total. The van der Waals surface area contributed by atoms with Crippen LogP contribution in [0.25, 0.3) is 0 Å². The quantitative estimate of drug-likeness (QED) is 0.735. The second-order valence-electron chi connectivity index (χ2n) is 5.83. The van der Waals surface area contributed by atoms with E-state index in [1.165, 1.54) is 28.9 Å². The van der Waals surface area contributed by atoms with Crippen LogP contribution < -0.4 is 0 Å². The fraction of sp³-hybridized carbons (Fsp3) is 0.571. The van der Waals surface area contributed by atoms with Crippen molar-refractivity contribution in [3.63, 3.8) is 0 Å². The molecular weight excluding hydrogens is 320 g/mol. The Morgan fingerprint density at radius 2 is 2.17 bits per heavy atom. The predicted octanol–water partition coefficient (Wildman–Crippen LogP) is -0.587. The molecule has 126 valence electrons. The molecule has 0 aromatic carbocycles. The van der Waals surface area contributed by atoms with Crippen molar-refractivity contribution in [2.75, 3.05) is 40.3 Å². The lowest BCUT2D eigenvalue weighted by molar-refractivity contribution is -0.0174. The van der Waals surface area contributed by atoms with Crippen molar-refractivity contribution in [1.29, 1.82) is 0 Å². The van der Waals surface area contributed by atoms with Gasteiger partial charge in [-0.05, 0) is 12.1 Å². The van der Waals surface area contributed by atoms with Crippen molar-refractivity contribution < 1.29 is 17.9 Å². The molecule has 3 rings (SSSR count). The normalized spacial score (nSPS) is 25.6. The maximum Gasteiger partial charge on any atom is 0.281 e. The lowest BCUT2D eigenvalue weighted by atomic mass is 10.2. The fourth-order valence-corrected chi connectivity index (χ4v) is 4.26. The molecule has 0 unspecified atom stereocenters. The molecule has 3 heterocycles. The average molecular weight is 340 g/mol. The average Bonchev–Trinajstić information content (AvgIpc) is 2.98. The van der Waals surface area contributed by atoms with Crippen molar-refractivity contribution >= 4 is 16.1 Å². The molecule has 1 aromatic heterocycles. The fourth-order valence-electron chi connectivity index (χ4n) is 2.99. The van der Waals surface area contributed by atoms with E-state index < -0.39 is 10.2 Å². The van der Waals surface area contributed by atoms with Crippen LogP contribution in [0.1, 0.15) is 10.4 Å². The first-order valence-corrected chi connectivity index (χ1v) is 8.81. The number of likely N-dealkylation sites (tertiary alicyclic amines) is 1. The lowest BCUT2D eigenvalue weighted by Crippen LogP contribution is -2.55. The Bertz CT molecular complexity index is 679. The molecule has 1 aromatic rings. The number of carbonyl (C=O) groups excluding carboxylic acids is 1. The highest BCUT2D eigenvalue weighted by atomic mass is 32.2. The largest absolute Gasteiger partial charge is 0.373 e. The van der Waals surface area contributed by atoms with E-state index in [2.05, 4.69) is 4.98 Å². The van der Waals surface area contributed by atoms with Gasteiger partial charge < -0.3 is 9.64 Å². The first kappa shape index (κ1) is 16.3. The van der Waals surface area contributed by atoms with Crippen LogP contribution in [-0.4, -0.2) is 85.3 Å². The van der Waals surface area contributed by atoms with Crippen molar-refractivity contribution in [1.82, 2.24) is 18.5 Å². The number of nitrogens with zero attached hydrogens (tertiary/aromatic N) is 4. The second kappa shape index (κ2) is 6.16. The van der Waals surface area contributed by atoms with E-state index in [1.54, 1.807) is 23.2 Å². The monoisotopic (exact) mass is 340 g/mol. The van der Waals surface area contributed by atoms with E-state index in [9.17, 15) is 13.2 Å². The van der Waals surface area contributed by atoms with Gasteiger partial charge in [0.1, 0.15) is 0 Å². The van der Waals surface area contributed by atoms with E-state index in [4.69, 9.17) is 4.74 Å². The number of carbonyl (C=O) groups is 1. The molecule has 2 aliphatic rings. The summed E-state index contributed by atoms with van der Waals surface area (Å²) in [6.07, 6.45) is 2.83. The number of pyridine rings is 1. The molecule has 8 nitrogen and oxygen atoms in total. The topological polar surface area (TPSA) is 83.1 Å². The number of ether oxygens (including phenoxy) is 1. The molecule has 0 aliphatic carbocycles. The zero-order chi connectivity index (χ0) is 16.6. The lowest BCUT2D eigenvalue weighted by Gasteiger charge is -2.36. The summed E-state index contributed by atoms with van der Waals surface area (Å²) in [5.41, 5.74) is 0.494. The van der Waals surface area contributed by atoms with E-state index in [0.29, 0.717) is 31.8 Å². The minimum atomic E-state index is -3.53. The van der Waals surface area contributed by atoms with E-state index in [1.807, 2.05) is 0 Å². The van der Waals surface area contributed by atoms with Gasteiger partial charge in [-0.15, -0.1) is 0 Å². The molecule has 0 saturated carbocycles. The smallest absolute Gasteiger partial charge is 0.281 e. The number of aromatic nitrogens is 1. The van der Waals surface area contributed by atoms with Gasteiger partial charge in [0.2, 0.25) is 0 Å². The Morgan fingerprint density at radius 3 is 2.83 bits per heavy atom.